The maximum Gasteiger partial charge on any atom is 0.283 e. The first-order chi connectivity index (χ1) is 13.9. The molecule has 0 aliphatic carbocycles. The summed E-state index contributed by atoms with van der Waals surface area (Å²) >= 11 is 18.2. The molecule has 0 saturated carbocycles. The quantitative estimate of drug-likeness (QED) is 0.206. The molecule has 2 aromatic heterocycles. The Hall–Kier alpha value is -1.77. The summed E-state index contributed by atoms with van der Waals surface area (Å²) in [4.78, 5) is 17.8. The van der Waals surface area contributed by atoms with Gasteiger partial charge < -0.3 is 0 Å². The highest BCUT2D eigenvalue weighted by molar-refractivity contribution is 9.10. The lowest BCUT2D eigenvalue weighted by molar-refractivity contribution is 0.0988. The van der Waals surface area contributed by atoms with Gasteiger partial charge in [-0.25, -0.2) is 4.98 Å². The highest BCUT2D eigenvalue weighted by atomic mass is 79.9. The van der Waals surface area contributed by atoms with Crippen LogP contribution in [0.2, 0.25) is 8.67 Å². The standard InChI is InChI=1S/C20H12BrCl2N3OS2/c1-11-2-4-12(5-3-11)10-24-26(19(27)14-9-17(22)29-18(14)23)20-25-15-7-6-13(21)8-16(15)28-20/h2-10H,1H3/b24-10+. The maximum atomic E-state index is 13.2. The van der Waals surface area contributed by atoms with Crippen molar-refractivity contribution in [3.8, 4) is 0 Å². The number of anilines is 1. The number of carbonyl (C=O) groups excluding carboxylic acids is 1. The number of nitrogens with zero attached hydrogens (tertiary/aromatic N) is 3. The van der Waals surface area contributed by atoms with E-state index in [1.165, 1.54) is 16.3 Å². The monoisotopic (exact) mass is 523 g/mol. The van der Waals surface area contributed by atoms with Gasteiger partial charge in [0.05, 0.1) is 26.3 Å². The molecule has 9 heteroatoms. The van der Waals surface area contributed by atoms with Gasteiger partial charge in [-0.2, -0.15) is 10.1 Å². The van der Waals surface area contributed by atoms with Crippen LogP contribution in [-0.4, -0.2) is 17.1 Å². The summed E-state index contributed by atoms with van der Waals surface area (Å²) in [6, 6.07) is 15.1. The third kappa shape index (κ3) is 4.54. The fraction of sp³-hybridized carbons (Fsp3) is 0.0500. The van der Waals surface area contributed by atoms with Gasteiger partial charge in [0.15, 0.2) is 0 Å². The minimum absolute atomic E-state index is 0.295. The van der Waals surface area contributed by atoms with Crippen molar-refractivity contribution in [3.63, 3.8) is 0 Å². The number of hydrogen-bond acceptors (Lipinski definition) is 5. The van der Waals surface area contributed by atoms with Gasteiger partial charge in [-0.05, 0) is 36.8 Å². The van der Waals surface area contributed by atoms with Crippen molar-refractivity contribution in [1.82, 2.24) is 4.98 Å². The van der Waals surface area contributed by atoms with Gasteiger partial charge in [0.2, 0.25) is 5.13 Å². The highest BCUT2D eigenvalue weighted by Crippen LogP contribution is 2.35. The highest BCUT2D eigenvalue weighted by Gasteiger charge is 2.24. The minimum atomic E-state index is -0.389. The number of halogens is 3. The lowest BCUT2D eigenvalue weighted by Crippen LogP contribution is -2.25. The Morgan fingerprint density at radius 2 is 1.90 bits per heavy atom. The molecule has 29 heavy (non-hydrogen) atoms. The van der Waals surface area contributed by atoms with Crippen LogP contribution < -0.4 is 5.01 Å². The Balaban J connectivity index is 1.77. The summed E-state index contributed by atoms with van der Waals surface area (Å²) in [5.41, 5.74) is 3.09. The van der Waals surface area contributed by atoms with E-state index in [-0.39, 0.29) is 5.91 Å². The zero-order valence-corrected chi connectivity index (χ0v) is 19.6. The van der Waals surface area contributed by atoms with Crippen molar-refractivity contribution in [2.75, 3.05) is 5.01 Å². The second-order valence-corrected chi connectivity index (χ2v) is 10.3. The van der Waals surface area contributed by atoms with Crippen LogP contribution in [0.25, 0.3) is 10.2 Å². The Bertz CT molecular complexity index is 1230. The maximum absolute atomic E-state index is 13.2. The second kappa shape index (κ2) is 8.53. The molecule has 0 aliphatic heterocycles. The summed E-state index contributed by atoms with van der Waals surface area (Å²) in [5, 5.41) is 6.15. The van der Waals surface area contributed by atoms with Crippen molar-refractivity contribution in [1.29, 1.82) is 0 Å². The molecule has 4 aromatic rings. The summed E-state index contributed by atoms with van der Waals surface area (Å²) in [5.74, 6) is -0.389. The molecule has 0 fully saturated rings. The Labute approximate surface area is 193 Å². The van der Waals surface area contributed by atoms with Gasteiger partial charge in [-0.1, -0.05) is 80.3 Å². The molecule has 2 heterocycles. The molecule has 0 unspecified atom stereocenters. The van der Waals surface area contributed by atoms with E-state index in [1.807, 2.05) is 49.4 Å². The van der Waals surface area contributed by atoms with Gasteiger partial charge in [0.25, 0.3) is 5.91 Å². The van der Waals surface area contributed by atoms with Gasteiger partial charge in [0.1, 0.15) is 4.34 Å². The normalized spacial score (nSPS) is 11.4. The van der Waals surface area contributed by atoms with Crippen LogP contribution in [0, 0.1) is 6.92 Å². The molecule has 2 aromatic carbocycles. The first-order valence-electron chi connectivity index (χ1n) is 8.37. The number of aromatic nitrogens is 1. The molecule has 146 valence electrons. The number of benzene rings is 2. The van der Waals surface area contributed by atoms with Crippen molar-refractivity contribution < 1.29 is 4.79 Å². The van der Waals surface area contributed by atoms with Crippen molar-refractivity contribution in [3.05, 3.63) is 78.4 Å². The molecule has 0 saturated heterocycles. The van der Waals surface area contributed by atoms with Crippen LogP contribution in [0.4, 0.5) is 5.13 Å². The zero-order chi connectivity index (χ0) is 20.5. The molecule has 0 radical (unpaired) electrons. The fourth-order valence-electron chi connectivity index (χ4n) is 2.54. The lowest BCUT2D eigenvalue weighted by atomic mass is 10.2. The molecule has 0 spiro atoms. The average Bonchev–Trinajstić information content (AvgIpc) is 3.25. The number of rotatable bonds is 4. The van der Waals surface area contributed by atoms with E-state index < -0.39 is 0 Å². The van der Waals surface area contributed by atoms with E-state index >= 15 is 0 Å². The van der Waals surface area contributed by atoms with Crippen LogP contribution in [-0.2, 0) is 0 Å². The Kier molecular flexibility index (Phi) is 6.03. The van der Waals surface area contributed by atoms with Gasteiger partial charge >= 0.3 is 0 Å². The van der Waals surface area contributed by atoms with E-state index in [4.69, 9.17) is 23.2 Å². The first kappa shape index (κ1) is 20.5. The first-order valence-corrected chi connectivity index (χ1v) is 11.5. The van der Waals surface area contributed by atoms with Crippen LogP contribution in [0.15, 0.2) is 58.1 Å². The molecule has 4 rings (SSSR count). The number of hydrazone groups is 1. The second-order valence-electron chi connectivity index (χ2n) is 6.12. The van der Waals surface area contributed by atoms with Crippen LogP contribution in [0.1, 0.15) is 21.5 Å². The summed E-state index contributed by atoms with van der Waals surface area (Å²) in [6.07, 6.45) is 1.63. The molecule has 0 bridgehead atoms. The van der Waals surface area contributed by atoms with Crippen LogP contribution in [0.5, 0.6) is 0 Å². The lowest BCUT2D eigenvalue weighted by Gasteiger charge is -2.13. The minimum Gasteiger partial charge on any atom is -0.267 e. The number of fused-ring (bicyclic) bond motifs is 1. The largest absolute Gasteiger partial charge is 0.283 e. The van der Waals surface area contributed by atoms with Gasteiger partial charge in [0, 0.05) is 4.47 Å². The smallest absolute Gasteiger partial charge is 0.267 e. The molecule has 1 amide bonds. The van der Waals surface area contributed by atoms with Crippen LogP contribution in [0.3, 0.4) is 0 Å². The molecular formula is C20H12BrCl2N3OS2. The predicted molar refractivity (Wildman–Crippen MR) is 127 cm³/mol. The number of aryl methyl sites for hydroxylation is 1. The number of amides is 1. The zero-order valence-electron chi connectivity index (χ0n) is 14.9. The van der Waals surface area contributed by atoms with E-state index in [2.05, 4.69) is 26.0 Å². The third-order valence-electron chi connectivity index (χ3n) is 4.00. The van der Waals surface area contributed by atoms with E-state index in [0.717, 1.165) is 37.2 Å². The number of thiophene rings is 1. The average molecular weight is 525 g/mol. The predicted octanol–water partition coefficient (Wildman–Crippen LogP) is 7.42. The number of hydrogen-bond donors (Lipinski definition) is 0. The van der Waals surface area contributed by atoms with Crippen LogP contribution >= 0.6 is 61.8 Å². The summed E-state index contributed by atoms with van der Waals surface area (Å²) in [7, 11) is 0. The fourth-order valence-corrected chi connectivity index (χ4v) is 5.46. The van der Waals surface area contributed by atoms with Crippen molar-refractivity contribution in [2.24, 2.45) is 5.10 Å². The number of carbonyl (C=O) groups is 1. The SMILES string of the molecule is Cc1ccc(/C=N/N(C(=O)c2cc(Cl)sc2Cl)c2nc3ccc(Br)cc3s2)cc1. The van der Waals surface area contributed by atoms with Crippen molar-refractivity contribution in [2.45, 2.75) is 6.92 Å². The van der Waals surface area contributed by atoms with Gasteiger partial charge in [-0.3, -0.25) is 4.79 Å². The topological polar surface area (TPSA) is 45.6 Å². The third-order valence-corrected chi connectivity index (χ3v) is 6.97. The van der Waals surface area contributed by atoms with E-state index in [9.17, 15) is 4.79 Å². The molecule has 4 nitrogen and oxygen atoms in total. The van der Waals surface area contributed by atoms with E-state index in [1.54, 1.807) is 12.3 Å². The summed E-state index contributed by atoms with van der Waals surface area (Å²) < 4.78 is 2.63. The molecular weight excluding hydrogens is 513 g/mol. The van der Waals surface area contributed by atoms with Crippen molar-refractivity contribution >= 4 is 89.3 Å². The Morgan fingerprint density at radius 3 is 2.59 bits per heavy atom. The molecule has 0 aliphatic rings. The number of thiazole rings is 1. The molecule has 0 atom stereocenters. The molecule has 0 N–H and O–H groups in total. The summed E-state index contributed by atoms with van der Waals surface area (Å²) in [6.45, 7) is 2.01. The van der Waals surface area contributed by atoms with Gasteiger partial charge in [-0.15, -0.1) is 11.3 Å². The van der Waals surface area contributed by atoms with E-state index in [0.29, 0.717) is 19.4 Å². The Morgan fingerprint density at radius 1 is 1.14 bits per heavy atom.